The lowest BCUT2D eigenvalue weighted by atomic mass is 10.3. The van der Waals surface area contributed by atoms with Crippen LogP contribution in [0.1, 0.15) is 24.5 Å². The summed E-state index contributed by atoms with van der Waals surface area (Å²) in [6.45, 7) is 2.91. The zero-order valence-corrected chi connectivity index (χ0v) is 13.0. The van der Waals surface area contributed by atoms with Crippen LogP contribution in [0.5, 0.6) is 0 Å². The van der Waals surface area contributed by atoms with Gasteiger partial charge >= 0.3 is 0 Å². The Hall–Kier alpha value is -0.0800. The maximum absolute atomic E-state index is 5.73. The first-order chi connectivity index (χ1) is 8.26. The molecule has 2 heterocycles. The molecule has 6 heteroatoms. The van der Waals surface area contributed by atoms with Crippen molar-refractivity contribution < 1.29 is 4.74 Å². The highest BCUT2D eigenvalue weighted by Gasteiger charge is 2.21. The number of nitrogens with zero attached hydrogens (tertiary/aromatic N) is 2. The summed E-state index contributed by atoms with van der Waals surface area (Å²) < 4.78 is 6.84. The molecule has 1 unspecified atom stereocenters. The van der Waals surface area contributed by atoms with Gasteiger partial charge in [-0.1, -0.05) is 6.92 Å². The third-order valence-electron chi connectivity index (χ3n) is 2.61. The van der Waals surface area contributed by atoms with E-state index in [2.05, 4.69) is 44.8 Å². The van der Waals surface area contributed by atoms with Gasteiger partial charge in [0.15, 0.2) is 5.82 Å². The summed E-state index contributed by atoms with van der Waals surface area (Å²) in [4.78, 5) is 9.18. The molecule has 0 saturated carbocycles. The van der Waals surface area contributed by atoms with Gasteiger partial charge in [0.25, 0.3) is 0 Å². The quantitative estimate of drug-likeness (QED) is 0.834. The SMILES string of the molecule is CCc1nc(C2CSCCO2)nc(NC)c1I. The van der Waals surface area contributed by atoms with Crippen LogP contribution < -0.4 is 5.32 Å². The van der Waals surface area contributed by atoms with Gasteiger partial charge in [-0.05, 0) is 29.0 Å². The standard InChI is InChI=1S/C11H16IN3OS/c1-3-7-9(12)11(13-2)15-10(14-7)8-6-17-5-4-16-8/h8H,3-6H2,1-2H3,(H,13,14,15). The van der Waals surface area contributed by atoms with Crippen LogP contribution in [0.4, 0.5) is 5.82 Å². The molecule has 2 rings (SSSR count). The van der Waals surface area contributed by atoms with Crippen molar-refractivity contribution in [1.82, 2.24) is 9.97 Å². The van der Waals surface area contributed by atoms with Crippen LogP contribution in [-0.2, 0) is 11.2 Å². The summed E-state index contributed by atoms with van der Waals surface area (Å²) >= 11 is 4.20. The number of nitrogens with one attached hydrogen (secondary N) is 1. The van der Waals surface area contributed by atoms with Crippen molar-refractivity contribution in [3.63, 3.8) is 0 Å². The van der Waals surface area contributed by atoms with Crippen LogP contribution in [0.25, 0.3) is 0 Å². The van der Waals surface area contributed by atoms with Crippen molar-refractivity contribution in [2.75, 3.05) is 30.5 Å². The number of hydrogen-bond donors (Lipinski definition) is 1. The molecule has 0 aliphatic carbocycles. The van der Waals surface area contributed by atoms with E-state index in [0.29, 0.717) is 0 Å². The topological polar surface area (TPSA) is 47.0 Å². The minimum absolute atomic E-state index is 0.0446. The van der Waals surface area contributed by atoms with Crippen molar-refractivity contribution in [3.05, 3.63) is 15.1 Å². The lowest BCUT2D eigenvalue weighted by Gasteiger charge is -2.22. The number of halogens is 1. The monoisotopic (exact) mass is 365 g/mol. The minimum atomic E-state index is 0.0446. The lowest BCUT2D eigenvalue weighted by molar-refractivity contribution is 0.0693. The van der Waals surface area contributed by atoms with Crippen LogP contribution in [0.15, 0.2) is 0 Å². The first-order valence-electron chi connectivity index (χ1n) is 5.69. The molecule has 0 radical (unpaired) electrons. The molecular weight excluding hydrogens is 349 g/mol. The van der Waals surface area contributed by atoms with Gasteiger partial charge in [-0.15, -0.1) is 0 Å². The number of ether oxygens (including phenoxy) is 1. The molecule has 0 amide bonds. The number of anilines is 1. The van der Waals surface area contributed by atoms with E-state index in [9.17, 15) is 0 Å². The number of aromatic nitrogens is 2. The first-order valence-corrected chi connectivity index (χ1v) is 7.93. The van der Waals surface area contributed by atoms with Crippen molar-refractivity contribution in [3.8, 4) is 0 Å². The van der Waals surface area contributed by atoms with Crippen LogP contribution in [0.2, 0.25) is 0 Å². The Balaban J connectivity index is 2.33. The average molecular weight is 365 g/mol. The van der Waals surface area contributed by atoms with Gasteiger partial charge in [-0.2, -0.15) is 11.8 Å². The summed E-state index contributed by atoms with van der Waals surface area (Å²) in [7, 11) is 1.89. The molecule has 17 heavy (non-hydrogen) atoms. The maximum Gasteiger partial charge on any atom is 0.160 e. The third-order valence-corrected chi connectivity index (χ3v) is 4.74. The van der Waals surface area contributed by atoms with E-state index >= 15 is 0 Å². The molecule has 1 N–H and O–H groups in total. The molecule has 1 fully saturated rings. The van der Waals surface area contributed by atoms with Gasteiger partial charge in [0.2, 0.25) is 0 Å². The molecule has 1 aromatic rings. The molecule has 0 bridgehead atoms. The Kier molecular flexibility index (Phi) is 4.87. The van der Waals surface area contributed by atoms with Gasteiger partial charge in [-0.3, -0.25) is 0 Å². The Labute approximate surface area is 119 Å². The van der Waals surface area contributed by atoms with E-state index in [1.54, 1.807) is 0 Å². The molecule has 1 aliphatic rings. The number of hydrogen-bond acceptors (Lipinski definition) is 5. The Morgan fingerprint density at radius 3 is 2.94 bits per heavy atom. The van der Waals surface area contributed by atoms with Crippen LogP contribution in [-0.4, -0.2) is 35.1 Å². The second kappa shape index (κ2) is 6.19. The van der Waals surface area contributed by atoms with E-state index < -0.39 is 0 Å². The van der Waals surface area contributed by atoms with Gasteiger partial charge < -0.3 is 10.1 Å². The molecular formula is C11H16IN3OS. The molecule has 4 nitrogen and oxygen atoms in total. The van der Waals surface area contributed by atoms with E-state index in [1.165, 1.54) is 0 Å². The van der Waals surface area contributed by atoms with E-state index in [1.807, 2.05) is 18.8 Å². The van der Waals surface area contributed by atoms with Crippen molar-refractivity contribution in [2.24, 2.45) is 0 Å². The van der Waals surface area contributed by atoms with Gasteiger partial charge in [0, 0.05) is 18.6 Å². The highest BCUT2D eigenvalue weighted by molar-refractivity contribution is 14.1. The molecule has 1 saturated heterocycles. The zero-order chi connectivity index (χ0) is 12.3. The lowest BCUT2D eigenvalue weighted by Crippen LogP contribution is -2.20. The molecule has 0 aromatic carbocycles. The molecule has 1 aromatic heterocycles. The average Bonchev–Trinajstić information content (AvgIpc) is 2.40. The fourth-order valence-corrected chi connectivity index (χ4v) is 3.43. The van der Waals surface area contributed by atoms with Crippen molar-refractivity contribution in [2.45, 2.75) is 19.4 Å². The second-order valence-electron chi connectivity index (χ2n) is 3.73. The van der Waals surface area contributed by atoms with Gasteiger partial charge in [-0.25, -0.2) is 9.97 Å². The van der Waals surface area contributed by atoms with E-state index in [-0.39, 0.29) is 6.10 Å². The smallest absolute Gasteiger partial charge is 0.160 e. The largest absolute Gasteiger partial charge is 0.372 e. The van der Waals surface area contributed by atoms with Gasteiger partial charge in [0.05, 0.1) is 15.9 Å². The van der Waals surface area contributed by atoms with Crippen molar-refractivity contribution in [1.29, 1.82) is 0 Å². The van der Waals surface area contributed by atoms with Gasteiger partial charge in [0.1, 0.15) is 11.9 Å². The summed E-state index contributed by atoms with van der Waals surface area (Å²) in [6.07, 6.45) is 0.964. The number of aryl methyl sites for hydroxylation is 1. The fraction of sp³-hybridized carbons (Fsp3) is 0.636. The normalized spacial score (nSPS) is 20.3. The highest BCUT2D eigenvalue weighted by Crippen LogP contribution is 2.27. The fourth-order valence-electron chi connectivity index (χ4n) is 1.69. The van der Waals surface area contributed by atoms with Crippen LogP contribution in [0.3, 0.4) is 0 Å². The Bertz CT molecular complexity index is 371. The summed E-state index contributed by atoms with van der Waals surface area (Å²) in [5.74, 6) is 3.75. The molecule has 1 atom stereocenters. The Morgan fingerprint density at radius 2 is 2.35 bits per heavy atom. The van der Waals surface area contributed by atoms with Crippen molar-refractivity contribution >= 4 is 40.2 Å². The Morgan fingerprint density at radius 1 is 1.53 bits per heavy atom. The highest BCUT2D eigenvalue weighted by atomic mass is 127. The minimum Gasteiger partial charge on any atom is -0.372 e. The summed E-state index contributed by atoms with van der Waals surface area (Å²) in [5.41, 5.74) is 1.10. The summed E-state index contributed by atoms with van der Waals surface area (Å²) in [6, 6.07) is 0. The first kappa shape index (κ1) is 13.4. The predicted octanol–water partition coefficient (Wildman–Crippen LogP) is 2.49. The predicted molar refractivity (Wildman–Crippen MR) is 79.7 cm³/mol. The van der Waals surface area contributed by atoms with E-state index in [4.69, 9.17) is 4.74 Å². The maximum atomic E-state index is 5.73. The molecule has 94 valence electrons. The molecule has 1 aliphatic heterocycles. The number of thioether (sulfide) groups is 1. The second-order valence-corrected chi connectivity index (χ2v) is 5.96. The van der Waals surface area contributed by atoms with Crippen LogP contribution >= 0.6 is 34.4 Å². The number of rotatable bonds is 3. The van der Waals surface area contributed by atoms with Crippen LogP contribution in [0, 0.1) is 3.57 Å². The summed E-state index contributed by atoms with van der Waals surface area (Å²) in [5, 5.41) is 3.13. The zero-order valence-electron chi connectivity index (χ0n) is 9.99. The third kappa shape index (κ3) is 3.03. The van der Waals surface area contributed by atoms with E-state index in [0.717, 1.165) is 45.4 Å². The molecule has 0 spiro atoms.